The van der Waals surface area contributed by atoms with Gasteiger partial charge in [0.15, 0.2) is 0 Å². The van der Waals surface area contributed by atoms with E-state index in [2.05, 4.69) is 22.4 Å². The minimum atomic E-state index is 0.0894. The van der Waals surface area contributed by atoms with Crippen molar-refractivity contribution < 1.29 is 4.42 Å². The van der Waals surface area contributed by atoms with E-state index in [4.69, 9.17) is 16.0 Å². The average molecular weight is 266 g/mol. The van der Waals surface area contributed by atoms with E-state index in [-0.39, 0.29) is 6.04 Å². The smallest absolute Gasteiger partial charge is 0.247 e. The first kappa shape index (κ1) is 13.1. The molecular formula is C13H16ClN3O. The summed E-state index contributed by atoms with van der Waals surface area (Å²) in [6, 6.07) is 5.78. The zero-order valence-corrected chi connectivity index (χ0v) is 11.5. The van der Waals surface area contributed by atoms with Gasteiger partial charge in [-0.05, 0) is 44.2 Å². The van der Waals surface area contributed by atoms with E-state index in [0.29, 0.717) is 16.8 Å². The predicted molar refractivity (Wildman–Crippen MR) is 71.6 cm³/mol. The molecule has 1 heterocycles. The number of nitrogens with zero attached hydrogens (tertiary/aromatic N) is 2. The minimum Gasteiger partial charge on any atom is -0.419 e. The van der Waals surface area contributed by atoms with Gasteiger partial charge in [-0.15, -0.1) is 10.2 Å². The average Bonchev–Trinajstić information content (AvgIpc) is 2.79. The maximum atomic E-state index is 6.02. The Hall–Kier alpha value is -1.39. The first-order valence-corrected chi connectivity index (χ1v) is 6.30. The zero-order chi connectivity index (χ0) is 13.1. The number of benzene rings is 1. The maximum Gasteiger partial charge on any atom is 0.247 e. The Kier molecular flexibility index (Phi) is 3.99. The molecule has 0 radical (unpaired) electrons. The lowest BCUT2D eigenvalue weighted by Gasteiger charge is -2.07. The molecule has 0 saturated carbocycles. The van der Waals surface area contributed by atoms with Crippen LogP contribution in [-0.4, -0.2) is 17.2 Å². The molecule has 1 atom stereocenters. The zero-order valence-electron chi connectivity index (χ0n) is 10.7. The Labute approximate surface area is 111 Å². The molecule has 2 aromatic rings. The topological polar surface area (TPSA) is 51.0 Å². The molecule has 1 unspecified atom stereocenters. The van der Waals surface area contributed by atoms with Gasteiger partial charge in [0.25, 0.3) is 0 Å². The Morgan fingerprint density at radius 1 is 1.33 bits per heavy atom. The highest BCUT2D eigenvalue weighted by atomic mass is 35.5. The van der Waals surface area contributed by atoms with Crippen LogP contribution in [0.2, 0.25) is 5.02 Å². The standard InChI is InChI=1S/C13H16ClN3O/c1-4-11(15-3)13-17-16-12(18-13)9-5-8(2)6-10(14)7-9/h5-7,11,15H,4H2,1-3H3. The third-order valence-corrected chi connectivity index (χ3v) is 3.00. The van der Waals surface area contributed by atoms with E-state index < -0.39 is 0 Å². The normalized spacial score (nSPS) is 12.7. The van der Waals surface area contributed by atoms with Crippen LogP contribution in [0.15, 0.2) is 22.6 Å². The molecule has 5 heteroatoms. The third kappa shape index (κ3) is 2.71. The molecule has 4 nitrogen and oxygen atoms in total. The molecule has 0 saturated heterocycles. The number of halogens is 1. The molecule has 0 spiro atoms. The van der Waals surface area contributed by atoms with Crippen molar-refractivity contribution in [3.05, 3.63) is 34.7 Å². The Morgan fingerprint density at radius 3 is 2.72 bits per heavy atom. The number of hydrogen-bond donors (Lipinski definition) is 1. The summed E-state index contributed by atoms with van der Waals surface area (Å²) in [5.74, 6) is 1.11. The van der Waals surface area contributed by atoms with E-state index >= 15 is 0 Å². The molecule has 0 amide bonds. The molecule has 2 rings (SSSR count). The number of hydrogen-bond acceptors (Lipinski definition) is 4. The Morgan fingerprint density at radius 2 is 2.11 bits per heavy atom. The van der Waals surface area contributed by atoms with E-state index in [1.165, 1.54) is 0 Å². The fourth-order valence-electron chi connectivity index (χ4n) is 1.85. The van der Waals surface area contributed by atoms with Gasteiger partial charge in [-0.3, -0.25) is 0 Å². The first-order chi connectivity index (χ1) is 8.63. The van der Waals surface area contributed by atoms with Crippen molar-refractivity contribution in [1.82, 2.24) is 15.5 Å². The number of rotatable bonds is 4. The highest BCUT2D eigenvalue weighted by Crippen LogP contribution is 2.25. The van der Waals surface area contributed by atoms with Gasteiger partial charge in [-0.25, -0.2) is 0 Å². The lowest BCUT2D eigenvalue weighted by molar-refractivity contribution is 0.415. The summed E-state index contributed by atoms with van der Waals surface area (Å²) in [4.78, 5) is 0. The van der Waals surface area contributed by atoms with Gasteiger partial charge in [-0.1, -0.05) is 18.5 Å². The second-order valence-electron chi connectivity index (χ2n) is 4.21. The third-order valence-electron chi connectivity index (χ3n) is 2.78. The van der Waals surface area contributed by atoms with Crippen molar-refractivity contribution in [2.75, 3.05) is 7.05 Å². The summed E-state index contributed by atoms with van der Waals surface area (Å²) in [5.41, 5.74) is 1.92. The molecule has 0 aliphatic rings. The van der Waals surface area contributed by atoms with Crippen LogP contribution in [0, 0.1) is 6.92 Å². The van der Waals surface area contributed by atoms with E-state index in [0.717, 1.165) is 17.5 Å². The van der Waals surface area contributed by atoms with E-state index in [9.17, 15) is 0 Å². The lowest BCUT2D eigenvalue weighted by Crippen LogP contribution is -2.15. The van der Waals surface area contributed by atoms with Crippen molar-refractivity contribution in [2.24, 2.45) is 0 Å². The summed E-state index contributed by atoms with van der Waals surface area (Å²) < 4.78 is 5.68. The van der Waals surface area contributed by atoms with Gasteiger partial charge < -0.3 is 9.73 Å². The van der Waals surface area contributed by atoms with Crippen LogP contribution in [0.3, 0.4) is 0 Å². The second kappa shape index (κ2) is 5.50. The SMILES string of the molecule is CCC(NC)c1nnc(-c2cc(C)cc(Cl)c2)o1. The van der Waals surface area contributed by atoms with Crippen LogP contribution in [0.1, 0.15) is 30.8 Å². The lowest BCUT2D eigenvalue weighted by atomic mass is 10.1. The Bertz CT molecular complexity index is 515. The van der Waals surface area contributed by atoms with Gasteiger partial charge in [0, 0.05) is 10.6 Å². The molecule has 1 N–H and O–H groups in total. The van der Waals surface area contributed by atoms with Crippen molar-refractivity contribution in [2.45, 2.75) is 26.3 Å². The van der Waals surface area contributed by atoms with Crippen LogP contribution >= 0.6 is 11.6 Å². The summed E-state index contributed by atoms with van der Waals surface area (Å²) >= 11 is 6.02. The molecule has 0 bridgehead atoms. The van der Waals surface area contributed by atoms with Gasteiger partial charge in [0.05, 0.1) is 6.04 Å². The number of nitrogens with one attached hydrogen (secondary N) is 1. The Balaban J connectivity index is 2.34. The van der Waals surface area contributed by atoms with Crippen LogP contribution < -0.4 is 5.32 Å². The van der Waals surface area contributed by atoms with Crippen LogP contribution in [0.25, 0.3) is 11.5 Å². The summed E-state index contributed by atoms with van der Waals surface area (Å²) in [6.45, 7) is 4.05. The molecule has 0 aliphatic heterocycles. The van der Waals surface area contributed by atoms with Gasteiger partial charge in [-0.2, -0.15) is 0 Å². The van der Waals surface area contributed by atoms with Gasteiger partial charge in [0.2, 0.25) is 11.8 Å². The minimum absolute atomic E-state index is 0.0894. The summed E-state index contributed by atoms with van der Waals surface area (Å²) in [5, 5.41) is 11.9. The maximum absolute atomic E-state index is 6.02. The van der Waals surface area contributed by atoms with E-state index in [1.807, 2.05) is 32.2 Å². The molecule has 1 aromatic heterocycles. The molecule has 96 valence electrons. The van der Waals surface area contributed by atoms with Gasteiger partial charge in [0.1, 0.15) is 0 Å². The highest BCUT2D eigenvalue weighted by molar-refractivity contribution is 6.30. The molecule has 0 aliphatic carbocycles. The first-order valence-electron chi connectivity index (χ1n) is 5.92. The fourth-order valence-corrected chi connectivity index (χ4v) is 2.14. The largest absolute Gasteiger partial charge is 0.419 e. The predicted octanol–water partition coefficient (Wildman–Crippen LogP) is 3.37. The molecular weight excluding hydrogens is 250 g/mol. The molecule has 1 aromatic carbocycles. The van der Waals surface area contributed by atoms with Crippen molar-refractivity contribution in [1.29, 1.82) is 0 Å². The highest BCUT2D eigenvalue weighted by Gasteiger charge is 2.16. The molecule has 0 fully saturated rings. The van der Waals surface area contributed by atoms with Crippen molar-refractivity contribution in [3.8, 4) is 11.5 Å². The van der Waals surface area contributed by atoms with Gasteiger partial charge >= 0.3 is 0 Å². The fraction of sp³-hybridized carbons (Fsp3) is 0.385. The van der Waals surface area contributed by atoms with E-state index in [1.54, 1.807) is 0 Å². The number of aromatic nitrogens is 2. The van der Waals surface area contributed by atoms with Crippen LogP contribution in [-0.2, 0) is 0 Å². The quantitative estimate of drug-likeness (QED) is 0.921. The van der Waals surface area contributed by atoms with Crippen molar-refractivity contribution >= 4 is 11.6 Å². The molecule has 18 heavy (non-hydrogen) atoms. The van der Waals surface area contributed by atoms with Crippen molar-refractivity contribution in [3.63, 3.8) is 0 Å². The monoisotopic (exact) mass is 265 g/mol. The second-order valence-corrected chi connectivity index (χ2v) is 4.65. The van der Waals surface area contributed by atoms with Crippen LogP contribution in [0.4, 0.5) is 0 Å². The van der Waals surface area contributed by atoms with Crippen LogP contribution in [0.5, 0.6) is 0 Å². The number of aryl methyl sites for hydroxylation is 1. The summed E-state index contributed by atoms with van der Waals surface area (Å²) in [7, 11) is 1.88. The summed E-state index contributed by atoms with van der Waals surface area (Å²) in [6.07, 6.45) is 0.896.